The number of hydrogen-bond donors (Lipinski definition) is 3. The molecule has 1 heterocycles. The largest absolute Gasteiger partial charge is 0.388 e. The van der Waals surface area contributed by atoms with Gasteiger partial charge in [-0.3, -0.25) is 0 Å². The third-order valence-corrected chi connectivity index (χ3v) is 3.49. The maximum absolute atomic E-state index is 10.4. The lowest BCUT2D eigenvalue weighted by atomic mass is 9.79. The van der Waals surface area contributed by atoms with E-state index in [1.165, 1.54) is 0 Å². The van der Waals surface area contributed by atoms with Crippen LogP contribution in [-0.2, 0) is 0 Å². The van der Waals surface area contributed by atoms with E-state index < -0.39 is 5.60 Å². The first kappa shape index (κ1) is 12.1. The summed E-state index contributed by atoms with van der Waals surface area (Å²) in [5.74, 6) is 1.79. The van der Waals surface area contributed by atoms with E-state index >= 15 is 0 Å². The van der Waals surface area contributed by atoms with Crippen molar-refractivity contribution in [1.29, 1.82) is 0 Å². The quantitative estimate of drug-likeness (QED) is 0.739. The first-order chi connectivity index (χ1) is 8.07. The van der Waals surface area contributed by atoms with E-state index in [2.05, 4.69) is 22.4 Å². The first-order valence-corrected chi connectivity index (χ1v) is 6.13. The Morgan fingerprint density at radius 1 is 1.41 bits per heavy atom. The Kier molecular flexibility index (Phi) is 3.47. The van der Waals surface area contributed by atoms with E-state index in [0.717, 1.165) is 31.6 Å². The van der Waals surface area contributed by atoms with Crippen molar-refractivity contribution in [2.75, 3.05) is 17.6 Å². The Bertz CT molecular complexity index is 357. The monoisotopic (exact) mass is 236 g/mol. The zero-order valence-electron chi connectivity index (χ0n) is 10.2. The fraction of sp³-hybridized carbons (Fsp3) is 0.667. The highest BCUT2D eigenvalue weighted by atomic mass is 16.3. The number of nitrogens with two attached hydrogens (primary N) is 1. The smallest absolute Gasteiger partial charge is 0.148 e. The third kappa shape index (κ3) is 3.30. The van der Waals surface area contributed by atoms with E-state index in [4.69, 9.17) is 5.73 Å². The predicted octanol–water partition coefficient (Wildman–Crippen LogP) is 1.41. The van der Waals surface area contributed by atoms with E-state index in [9.17, 15) is 5.11 Å². The molecule has 0 aromatic carbocycles. The van der Waals surface area contributed by atoms with Gasteiger partial charge in [0.25, 0.3) is 0 Å². The predicted molar refractivity (Wildman–Crippen MR) is 67.5 cm³/mol. The third-order valence-electron chi connectivity index (χ3n) is 3.49. The van der Waals surface area contributed by atoms with E-state index in [1.807, 2.05) is 0 Å². The summed E-state index contributed by atoms with van der Waals surface area (Å²) in [4.78, 5) is 0. The van der Waals surface area contributed by atoms with Crippen molar-refractivity contribution < 1.29 is 5.11 Å². The molecule has 1 aromatic rings. The van der Waals surface area contributed by atoms with Crippen LogP contribution in [0.4, 0.5) is 11.6 Å². The van der Waals surface area contributed by atoms with Crippen molar-refractivity contribution in [1.82, 2.24) is 10.2 Å². The minimum absolute atomic E-state index is 0.403. The Hall–Kier alpha value is -1.36. The van der Waals surface area contributed by atoms with Gasteiger partial charge in [0, 0.05) is 6.54 Å². The van der Waals surface area contributed by atoms with Gasteiger partial charge in [0.2, 0.25) is 0 Å². The molecule has 1 aliphatic carbocycles. The Labute approximate surface area is 101 Å². The summed E-state index contributed by atoms with van der Waals surface area (Å²) in [5.41, 5.74) is 4.85. The van der Waals surface area contributed by atoms with Gasteiger partial charge in [-0.25, -0.2) is 0 Å². The number of aromatic nitrogens is 2. The molecular formula is C12H20N4O. The molecule has 94 valence electrons. The SMILES string of the molecule is CC1CCC(O)(CNc2ccc(N)nn2)CC1. The topological polar surface area (TPSA) is 84.1 Å². The van der Waals surface area contributed by atoms with Crippen LogP contribution in [-0.4, -0.2) is 27.4 Å². The molecule has 0 aliphatic heterocycles. The second-order valence-corrected chi connectivity index (χ2v) is 5.10. The van der Waals surface area contributed by atoms with Gasteiger partial charge >= 0.3 is 0 Å². The number of anilines is 2. The molecule has 0 spiro atoms. The van der Waals surface area contributed by atoms with Gasteiger partial charge in [-0.15, -0.1) is 10.2 Å². The summed E-state index contributed by atoms with van der Waals surface area (Å²) in [6, 6.07) is 3.47. The lowest BCUT2D eigenvalue weighted by Crippen LogP contribution is -2.40. The Morgan fingerprint density at radius 2 is 2.12 bits per heavy atom. The summed E-state index contributed by atoms with van der Waals surface area (Å²) in [5, 5.41) is 21.2. The molecule has 17 heavy (non-hydrogen) atoms. The molecule has 0 unspecified atom stereocenters. The number of nitrogens with zero attached hydrogens (tertiary/aromatic N) is 2. The van der Waals surface area contributed by atoms with Crippen molar-refractivity contribution in [2.24, 2.45) is 5.92 Å². The van der Waals surface area contributed by atoms with Crippen LogP contribution in [0.5, 0.6) is 0 Å². The normalized spacial score (nSPS) is 28.9. The maximum Gasteiger partial charge on any atom is 0.148 e. The highest BCUT2D eigenvalue weighted by Gasteiger charge is 2.31. The zero-order chi connectivity index (χ0) is 12.3. The average Bonchev–Trinajstić information content (AvgIpc) is 2.33. The van der Waals surface area contributed by atoms with Gasteiger partial charge in [-0.1, -0.05) is 6.92 Å². The van der Waals surface area contributed by atoms with Crippen molar-refractivity contribution in [2.45, 2.75) is 38.2 Å². The molecule has 0 amide bonds. The Morgan fingerprint density at radius 3 is 2.71 bits per heavy atom. The number of hydrogen-bond acceptors (Lipinski definition) is 5. The van der Waals surface area contributed by atoms with Gasteiger partial charge in [0.05, 0.1) is 5.60 Å². The summed E-state index contributed by atoms with van der Waals surface area (Å²) < 4.78 is 0. The molecule has 0 atom stereocenters. The summed E-state index contributed by atoms with van der Waals surface area (Å²) >= 11 is 0. The molecule has 1 aliphatic rings. The summed E-state index contributed by atoms with van der Waals surface area (Å²) in [7, 11) is 0. The zero-order valence-corrected chi connectivity index (χ0v) is 10.2. The lowest BCUT2D eigenvalue weighted by molar-refractivity contribution is 0.00494. The van der Waals surface area contributed by atoms with E-state index in [1.54, 1.807) is 12.1 Å². The van der Waals surface area contributed by atoms with Gasteiger partial charge in [-0.05, 0) is 43.7 Å². The van der Waals surface area contributed by atoms with Crippen LogP contribution in [0, 0.1) is 5.92 Å². The first-order valence-electron chi connectivity index (χ1n) is 6.13. The van der Waals surface area contributed by atoms with Gasteiger partial charge in [0.1, 0.15) is 11.6 Å². The van der Waals surface area contributed by atoms with Crippen LogP contribution < -0.4 is 11.1 Å². The molecule has 4 N–H and O–H groups in total. The fourth-order valence-corrected chi connectivity index (χ4v) is 2.17. The molecule has 0 radical (unpaired) electrons. The molecule has 2 rings (SSSR count). The fourth-order valence-electron chi connectivity index (χ4n) is 2.17. The van der Waals surface area contributed by atoms with E-state index in [-0.39, 0.29) is 0 Å². The van der Waals surface area contributed by atoms with Gasteiger partial charge in [0.15, 0.2) is 0 Å². The molecule has 5 heteroatoms. The summed E-state index contributed by atoms with van der Waals surface area (Å²) in [6.07, 6.45) is 3.88. The molecule has 5 nitrogen and oxygen atoms in total. The van der Waals surface area contributed by atoms with Crippen LogP contribution in [0.2, 0.25) is 0 Å². The number of nitrogen functional groups attached to an aromatic ring is 1. The van der Waals surface area contributed by atoms with Gasteiger partial charge < -0.3 is 16.2 Å². The maximum atomic E-state index is 10.4. The number of nitrogens with one attached hydrogen (secondary N) is 1. The molecule has 1 saturated carbocycles. The van der Waals surface area contributed by atoms with Crippen LogP contribution in [0.15, 0.2) is 12.1 Å². The molecular weight excluding hydrogens is 216 g/mol. The van der Waals surface area contributed by atoms with Crippen molar-refractivity contribution >= 4 is 11.6 Å². The molecule has 0 bridgehead atoms. The number of rotatable bonds is 3. The minimum Gasteiger partial charge on any atom is -0.388 e. The highest BCUT2D eigenvalue weighted by molar-refractivity contribution is 5.38. The van der Waals surface area contributed by atoms with Crippen molar-refractivity contribution in [3.05, 3.63) is 12.1 Å². The van der Waals surface area contributed by atoms with Crippen molar-refractivity contribution in [3.8, 4) is 0 Å². The molecule has 1 aromatic heterocycles. The van der Waals surface area contributed by atoms with E-state index in [0.29, 0.717) is 18.2 Å². The number of aliphatic hydroxyl groups is 1. The van der Waals surface area contributed by atoms with Crippen LogP contribution in [0.3, 0.4) is 0 Å². The second-order valence-electron chi connectivity index (χ2n) is 5.10. The van der Waals surface area contributed by atoms with Gasteiger partial charge in [-0.2, -0.15) is 0 Å². The molecule has 0 saturated heterocycles. The van der Waals surface area contributed by atoms with Crippen LogP contribution >= 0.6 is 0 Å². The van der Waals surface area contributed by atoms with Crippen molar-refractivity contribution in [3.63, 3.8) is 0 Å². The average molecular weight is 236 g/mol. The Balaban J connectivity index is 1.87. The van der Waals surface area contributed by atoms with Crippen LogP contribution in [0.25, 0.3) is 0 Å². The second kappa shape index (κ2) is 4.87. The standard InChI is InChI=1S/C12H20N4O/c1-9-4-6-12(17,7-5-9)8-14-11-3-2-10(13)15-16-11/h2-3,9,17H,4-8H2,1H3,(H2,13,15)(H,14,16). The van der Waals surface area contributed by atoms with Crippen LogP contribution in [0.1, 0.15) is 32.6 Å². The molecule has 1 fully saturated rings. The summed E-state index contributed by atoms with van der Waals surface area (Å²) in [6.45, 7) is 2.76. The highest BCUT2D eigenvalue weighted by Crippen LogP contribution is 2.31. The lowest BCUT2D eigenvalue weighted by Gasteiger charge is -2.35. The minimum atomic E-state index is -0.602.